The molecule has 3 rings (SSSR count). The van der Waals surface area contributed by atoms with Gasteiger partial charge in [0.1, 0.15) is 5.82 Å². The van der Waals surface area contributed by atoms with Crippen LogP contribution in [0.25, 0.3) is 0 Å². The van der Waals surface area contributed by atoms with Crippen molar-refractivity contribution in [3.8, 4) is 0 Å². The van der Waals surface area contributed by atoms with Crippen LogP contribution in [-0.2, 0) is 16.1 Å². The molecule has 0 spiro atoms. The first-order valence-electron chi connectivity index (χ1n) is 9.80. The normalized spacial score (nSPS) is 19.5. The van der Waals surface area contributed by atoms with Gasteiger partial charge in [0, 0.05) is 26.1 Å². The van der Waals surface area contributed by atoms with Crippen LogP contribution in [0.3, 0.4) is 0 Å². The van der Waals surface area contributed by atoms with Gasteiger partial charge < -0.3 is 9.64 Å². The maximum absolute atomic E-state index is 12.9. The second-order valence-corrected chi connectivity index (χ2v) is 7.65. The first-order valence-corrected chi connectivity index (χ1v) is 9.80. The number of hydrogen-bond donors (Lipinski definition) is 0. The lowest BCUT2D eigenvalue weighted by molar-refractivity contribution is -0.133. The molecule has 1 aromatic rings. The number of carbonyl (C=O) groups excluding carboxylic acids is 1. The predicted molar refractivity (Wildman–Crippen MR) is 96.6 cm³/mol. The molecule has 1 aliphatic carbocycles. The van der Waals surface area contributed by atoms with Crippen LogP contribution in [-0.4, -0.2) is 30.5 Å². The van der Waals surface area contributed by atoms with Crippen LogP contribution >= 0.6 is 0 Å². The molecular formula is C21H30FNO2. The lowest BCUT2D eigenvalue weighted by atomic mass is 9.93. The fourth-order valence-electron chi connectivity index (χ4n) is 4.08. The predicted octanol–water partition coefficient (Wildman–Crippen LogP) is 4.55. The minimum Gasteiger partial charge on any atom is -0.377 e. The summed E-state index contributed by atoms with van der Waals surface area (Å²) in [5, 5.41) is 0. The van der Waals surface area contributed by atoms with E-state index in [2.05, 4.69) is 4.90 Å². The Morgan fingerprint density at radius 3 is 2.40 bits per heavy atom. The molecule has 0 aromatic heterocycles. The minimum absolute atomic E-state index is 0.210. The van der Waals surface area contributed by atoms with E-state index in [1.807, 2.05) is 0 Å². The number of carbonyl (C=O) groups is 1. The molecule has 0 N–H and O–H groups in total. The number of nitrogens with zero attached hydrogens (tertiary/aromatic N) is 1. The van der Waals surface area contributed by atoms with Gasteiger partial charge in [0.25, 0.3) is 0 Å². The maximum Gasteiger partial charge on any atom is 0.222 e. The lowest BCUT2D eigenvalue weighted by Gasteiger charge is -2.32. The standard InChI is InChI=1S/C21H30FNO2/c22-20-7-5-19(6-8-20)16-25-14-11-17-9-12-23(13-10-17)21(24)15-18-3-1-2-4-18/h5-8,17-18H,1-4,9-16H2. The van der Waals surface area contributed by atoms with Gasteiger partial charge in [-0.3, -0.25) is 4.79 Å². The molecule has 1 saturated carbocycles. The van der Waals surface area contributed by atoms with E-state index in [0.29, 0.717) is 24.3 Å². The molecule has 138 valence electrons. The fourth-order valence-corrected chi connectivity index (χ4v) is 4.08. The summed E-state index contributed by atoms with van der Waals surface area (Å²) in [6, 6.07) is 6.47. The molecule has 1 amide bonds. The summed E-state index contributed by atoms with van der Waals surface area (Å²) in [4.78, 5) is 14.5. The number of benzene rings is 1. The van der Waals surface area contributed by atoms with E-state index in [4.69, 9.17) is 4.74 Å². The maximum atomic E-state index is 12.9. The molecular weight excluding hydrogens is 317 g/mol. The number of halogens is 1. The summed E-state index contributed by atoms with van der Waals surface area (Å²) in [5.74, 6) is 1.46. The van der Waals surface area contributed by atoms with Crippen molar-refractivity contribution in [1.29, 1.82) is 0 Å². The molecule has 0 atom stereocenters. The third-order valence-electron chi connectivity index (χ3n) is 5.76. The van der Waals surface area contributed by atoms with Crippen LogP contribution in [0.5, 0.6) is 0 Å². The van der Waals surface area contributed by atoms with E-state index in [-0.39, 0.29) is 5.82 Å². The number of amides is 1. The quantitative estimate of drug-likeness (QED) is 0.677. The Labute approximate surface area is 150 Å². The van der Waals surface area contributed by atoms with Gasteiger partial charge in [-0.2, -0.15) is 0 Å². The van der Waals surface area contributed by atoms with Gasteiger partial charge in [0.05, 0.1) is 6.61 Å². The Morgan fingerprint density at radius 1 is 1.04 bits per heavy atom. The summed E-state index contributed by atoms with van der Waals surface area (Å²) in [7, 11) is 0. The average molecular weight is 347 g/mol. The largest absolute Gasteiger partial charge is 0.377 e. The summed E-state index contributed by atoms with van der Waals surface area (Å²) in [6.45, 7) is 3.10. The molecule has 2 aliphatic rings. The van der Waals surface area contributed by atoms with E-state index >= 15 is 0 Å². The van der Waals surface area contributed by atoms with E-state index < -0.39 is 0 Å². The van der Waals surface area contributed by atoms with Crippen molar-refractivity contribution in [2.24, 2.45) is 11.8 Å². The summed E-state index contributed by atoms with van der Waals surface area (Å²) >= 11 is 0. The van der Waals surface area contributed by atoms with Crippen LogP contribution in [0.4, 0.5) is 4.39 Å². The summed E-state index contributed by atoms with van der Waals surface area (Å²) in [5.41, 5.74) is 1.01. The van der Waals surface area contributed by atoms with Gasteiger partial charge >= 0.3 is 0 Å². The Balaban J connectivity index is 1.28. The van der Waals surface area contributed by atoms with Crippen LogP contribution in [0.15, 0.2) is 24.3 Å². The zero-order chi connectivity index (χ0) is 17.5. The molecule has 0 unspecified atom stereocenters. The highest BCUT2D eigenvalue weighted by molar-refractivity contribution is 5.76. The van der Waals surface area contributed by atoms with Crippen LogP contribution in [0, 0.1) is 17.7 Å². The topological polar surface area (TPSA) is 29.5 Å². The van der Waals surface area contributed by atoms with Gasteiger partial charge in [0.2, 0.25) is 5.91 Å². The number of piperidine rings is 1. The number of likely N-dealkylation sites (tertiary alicyclic amines) is 1. The fraction of sp³-hybridized carbons (Fsp3) is 0.667. The lowest BCUT2D eigenvalue weighted by Crippen LogP contribution is -2.39. The molecule has 1 aromatic carbocycles. The van der Waals surface area contributed by atoms with E-state index in [1.165, 1.54) is 37.8 Å². The number of hydrogen-bond acceptors (Lipinski definition) is 2. The minimum atomic E-state index is -0.210. The zero-order valence-corrected chi connectivity index (χ0v) is 15.1. The third kappa shape index (κ3) is 5.81. The van der Waals surface area contributed by atoms with Crippen molar-refractivity contribution >= 4 is 5.91 Å². The van der Waals surface area contributed by atoms with Crippen LogP contribution in [0.2, 0.25) is 0 Å². The van der Waals surface area contributed by atoms with E-state index in [9.17, 15) is 9.18 Å². The van der Waals surface area contributed by atoms with Crippen LogP contribution in [0.1, 0.15) is 56.9 Å². The van der Waals surface area contributed by atoms with Crippen molar-refractivity contribution in [3.63, 3.8) is 0 Å². The Kier molecular flexibility index (Phi) is 6.85. The molecule has 25 heavy (non-hydrogen) atoms. The van der Waals surface area contributed by atoms with Gasteiger partial charge in [0.15, 0.2) is 0 Å². The third-order valence-corrected chi connectivity index (χ3v) is 5.76. The smallest absolute Gasteiger partial charge is 0.222 e. The highest BCUT2D eigenvalue weighted by Gasteiger charge is 2.25. The molecule has 0 bridgehead atoms. The first kappa shape index (κ1) is 18.4. The zero-order valence-electron chi connectivity index (χ0n) is 15.1. The molecule has 0 radical (unpaired) electrons. The second-order valence-electron chi connectivity index (χ2n) is 7.65. The summed E-state index contributed by atoms with van der Waals surface area (Å²) in [6.07, 6.45) is 9.10. The first-order chi connectivity index (χ1) is 12.2. The van der Waals surface area contributed by atoms with Crippen molar-refractivity contribution < 1.29 is 13.9 Å². The SMILES string of the molecule is O=C(CC1CCCC1)N1CCC(CCOCc2ccc(F)cc2)CC1. The molecule has 1 heterocycles. The van der Waals surface area contributed by atoms with Gasteiger partial charge in [-0.15, -0.1) is 0 Å². The van der Waals surface area contributed by atoms with Gasteiger partial charge in [-0.25, -0.2) is 4.39 Å². The van der Waals surface area contributed by atoms with Crippen LogP contribution < -0.4 is 0 Å². The monoisotopic (exact) mass is 347 g/mol. The van der Waals surface area contributed by atoms with Crippen molar-refractivity contribution in [1.82, 2.24) is 4.90 Å². The Bertz CT molecular complexity index is 531. The van der Waals surface area contributed by atoms with Crippen molar-refractivity contribution in [2.45, 2.75) is 58.0 Å². The molecule has 4 heteroatoms. The molecule has 1 aliphatic heterocycles. The Morgan fingerprint density at radius 2 is 1.72 bits per heavy atom. The summed E-state index contributed by atoms with van der Waals surface area (Å²) < 4.78 is 18.6. The molecule has 2 fully saturated rings. The van der Waals surface area contributed by atoms with Gasteiger partial charge in [-0.05, 0) is 61.6 Å². The molecule has 1 saturated heterocycles. The molecule has 3 nitrogen and oxygen atoms in total. The number of rotatable bonds is 7. The average Bonchev–Trinajstić information content (AvgIpc) is 3.14. The van der Waals surface area contributed by atoms with Crippen molar-refractivity contribution in [2.75, 3.05) is 19.7 Å². The number of ether oxygens (including phenoxy) is 1. The highest BCUT2D eigenvalue weighted by Crippen LogP contribution is 2.29. The second kappa shape index (κ2) is 9.33. The van der Waals surface area contributed by atoms with Crippen molar-refractivity contribution in [3.05, 3.63) is 35.6 Å². The highest BCUT2D eigenvalue weighted by atomic mass is 19.1. The van der Waals surface area contributed by atoms with E-state index in [0.717, 1.165) is 50.9 Å². The Hall–Kier alpha value is -1.42. The van der Waals surface area contributed by atoms with E-state index in [1.54, 1.807) is 12.1 Å². The van der Waals surface area contributed by atoms with Gasteiger partial charge in [-0.1, -0.05) is 25.0 Å².